The van der Waals surface area contributed by atoms with Crippen LogP contribution in [0.5, 0.6) is 0 Å². The number of phosphoric ester groups is 1. The highest BCUT2D eigenvalue weighted by atomic mass is 31.2. The van der Waals surface area contributed by atoms with Crippen LogP contribution in [0.1, 0.15) is 136 Å². The molecule has 0 radical (unpaired) electrons. The number of hydrogen-bond acceptors (Lipinski definition) is 7. The van der Waals surface area contributed by atoms with Crippen LogP contribution < -0.4 is 10.2 Å². The average molecular weight is 921 g/mol. The highest BCUT2D eigenvalue weighted by Gasteiger charge is 2.29. The molecule has 0 spiro atoms. The largest absolute Gasteiger partial charge is 0.756 e. The van der Waals surface area contributed by atoms with E-state index in [1.54, 1.807) is 0 Å². The molecule has 0 aliphatic carbocycles. The lowest BCUT2D eigenvalue weighted by Gasteiger charge is -2.31. The number of unbranched alkanes of at least 4 members (excludes halogenated alkanes) is 4. The number of quaternary nitrogens is 1. The van der Waals surface area contributed by atoms with Crippen molar-refractivity contribution in [3.63, 3.8) is 0 Å². The van der Waals surface area contributed by atoms with Crippen molar-refractivity contribution in [3.8, 4) is 0 Å². The molecular formula is C55H89N2O7P. The van der Waals surface area contributed by atoms with Gasteiger partial charge in [-0.25, -0.2) is 0 Å². The number of aliphatic hydroxyl groups excluding tert-OH is 2. The van der Waals surface area contributed by atoms with Gasteiger partial charge in [-0.3, -0.25) is 9.36 Å². The molecule has 10 heteroatoms. The van der Waals surface area contributed by atoms with Crippen molar-refractivity contribution in [1.29, 1.82) is 0 Å². The van der Waals surface area contributed by atoms with Gasteiger partial charge in [-0.2, -0.15) is 0 Å². The Morgan fingerprint density at radius 1 is 0.585 bits per heavy atom. The van der Waals surface area contributed by atoms with Crippen LogP contribution in [0, 0.1) is 0 Å². The number of allylic oxidation sites excluding steroid dienone is 24. The molecule has 0 heterocycles. The Bertz CT molecular complexity index is 1580. The van der Waals surface area contributed by atoms with Gasteiger partial charge in [-0.15, -0.1) is 0 Å². The van der Waals surface area contributed by atoms with Gasteiger partial charge in [0, 0.05) is 6.42 Å². The van der Waals surface area contributed by atoms with Crippen LogP contribution in [-0.2, 0) is 18.4 Å². The van der Waals surface area contributed by atoms with Gasteiger partial charge in [0.25, 0.3) is 7.82 Å². The van der Waals surface area contributed by atoms with Crippen molar-refractivity contribution in [1.82, 2.24) is 5.32 Å². The lowest BCUT2D eigenvalue weighted by molar-refractivity contribution is -0.870. The molecule has 0 aliphatic rings. The van der Waals surface area contributed by atoms with E-state index in [0.29, 0.717) is 30.3 Å². The van der Waals surface area contributed by atoms with Gasteiger partial charge < -0.3 is 34.0 Å². The molecule has 366 valence electrons. The summed E-state index contributed by atoms with van der Waals surface area (Å²) in [6.07, 6.45) is 65.0. The topological polar surface area (TPSA) is 128 Å². The number of amides is 1. The lowest BCUT2D eigenvalue weighted by Crippen LogP contribution is -2.51. The number of nitrogens with one attached hydrogen (secondary N) is 1. The molecular weight excluding hydrogens is 832 g/mol. The van der Waals surface area contributed by atoms with Crippen molar-refractivity contribution >= 4 is 13.7 Å². The van der Waals surface area contributed by atoms with E-state index in [1.165, 1.54) is 0 Å². The second-order valence-electron chi connectivity index (χ2n) is 16.8. The number of likely N-dealkylation sites (N-methyl/N-ethyl adjacent to an activating group) is 1. The predicted molar refractivity (Wildman–Crippen MR) is 275 cm³/mol. The molecule has 4 atom stereocenters. The normalized spacial score (nSPS) is 15.9. The van der Waals surface area contributed by atoms with Crippen LogP contribution in [0.4, 0.5) is 0 Å². The van der Waals surface area contributed by atoms with E-state index in [1.807, 2.05) is 34.1 Å². The maximum Gasteiger partial charge on any atom is 0.268 e. The van der Waals surface area contributed by atoms with Crippen LogP contribution in [0.3, 0.4) is 0 Å². The summed E-state index contributed by atoms with van der Waals surface area (Å²) in [6.45, 7) is 3.99. The third-order valence-corrected chi connectivity index (χ3v) is 10.7. The van der Waals surface area contributed by atoms with Gasteiger partial charge in [0.15, 0.2) is 0 Å². The predicted octanol–water partition coefficient (Wildman–Crippen LogP) is 12.5. The summed E-state index contributed by atoms with van der Waals surface area (Å²) in [7, 11) is 1.02. The molecule has 0 aliphatic heterocycles. The van der Waals surface area contributed by atoms with E-state index in [-0.39, 0.29) is 25.4 Å². The molecule has 0 rings (SSSR count). The van der Waals surface area contributed by atoms with Crippen LogP contribution in [0.2, 0.25) is 0 Å². The van der Waals surface area contributed by atoms with Gasteiger partial charge in [0.1, 0.15) is 19.3 Å². The van der Waals surface area contributed by atoms with Crippen LogP contribution in [0.25, 0.3) is 0 Å². The molecule has 0 saturated carbocycles. The summed E-state index contributed by atoms with van der Waals surface area (Å²) in [5.41, 5.74) is 0. The van der Waals surface area contributed by atoms with Crippen molar-refractivity contribution in [2.75, 3.05) is 40.9 Å². The number of nitrogens with zero attached hydrogens (tertiary/aromatic N) is 1. The Morgan fingerprint density at radius 2 is 0.969 bits per heavy atom. The van der Waals surface area contributed by atoms with Gasteiger partial charge in [0.05, 0.1) is 39.9 Å². The summed E-state index contributed by atoms with van der Waals surface area (Å²) in [5.74, 6) is -0.362. The van der Waals surface area contributed by atoms with Crippen LogP contribution in [-0.4, -0.2) is 79.8 Å². The monoisotopic (exact) mass is 921 g/mol. The zero-order chi connectivity index (χ0) is 48.0. The molecule has 0 aromatic rings. The number of aliphatic hydroxyl groups is 2. The lowest BCUT2D eigenvalue weighted by atomic mass is 10.0. The Morgan fingerprint density at radius 3 is 1.40 bits per heavy atom. The SMILES string of the molecule is C/C=C/CC/C=C/CC/C=C/CCCC(O)C(O)C(COP(=O)([O-])OCC[N+](C)(C)C)NC(=O)CCC/C=C\C/C=C\C/C=C\C/C=C\C/C=C\C/C=C\C/C=C\C/C=C\C/C=C\CC. The van der Waals surface area contributed by atoms with E-state index >= 15 is 0 Å². The molecule has 0 fully saturated rings. The first kappa shape index (κ1) is 61.3. The smallest absolute Gasteiger partial charge is 0.268 e. The van der Waals surface area contributed by atoms with Crippen LogP contribution in [0.15, 0.2) is 146 Å². The summed E-state index contributed by atoms with van der Waals surface area (Å²) in [4.78, 5) is 25.4. The molecule has 9 nitrogen and oxygen atoms in total. The Labute approximate surface area is 396 Å². The number of rotatable bonds is 41. The average Bonchev–Trinajstić information content (AvgIpc) is 3.26. The summed E-state index contributed by atoms with van der Waals surface area (Å²) < 4.78 is 23.1. The van der Waals surface area contributed by atoms with E-state index < -0.39 is 32.7 Å². The molecule has 0 bridgehead atoms. The minimum atomic E-state index is -4.71. The maximum absolute atomic E-state index is 12.9. The fourth-order valence-corrected chi connectivity index (χ4v) is 6.60. The standard InChI is InChI=1S/C55H89N2O7P/c1-6-8-10-12-14-16-18-20-21-22-23-24-25-26-27-28-29-30-31-32-33-34-35-36-38-40-42-44-46-48-54(59)56-52(51-64-65(61,62)63-50-49-57(3,4)5)55(60)53(58)47-45-43-41-39-37-19-17-15-13-11-9-7-2/h7-10,14-17,20-21,23-24,26-27,29-30,32-33,35-36,39-42,52-53,55,58,60H,6,11-13,18-19,22,25,28,31,34,37-38,43-51H2,1-5H3,(H-,56,59,61,62)/b9-7+,10-8-,16-14-,17-15+,21-20-,24-23-,27-26-,30-29-,33-32-,36-35-,41-39+,42-40-. The van der Waals surface area contributed by atoms with Gasteiger partial charge in [-0.05, 0) is 122 Å². The van der Waals surface area contributed by atoms with Crippen molar-refractivity contribution < 1.29 is 38.0 Å². The molecule has 4 unspecified atom stereocenters. The maximum atomic E-state index is 12.9. The van der Waals surface area contributed by atoms with Crippen LogP contribution >= 0.6 is 7.82 Å². The third kappa shape index (κ3) is 45.3. The fourth-order valence-electron chi connectivity index (χ4n) is 5.88. The zero-order valence-electron chi connectivity index (χ0n) is 41.0. The highest BCUT2D eigenvalue weighted by Crippen LogP contribution is 2.38. The summed E-state index contributed by atoms with van der Waals surface area (Å²) in [6, 6.07) is -1.14. The van der Waals surface area contributed by atoms with Gasteiger partial charge in [0.2, 0.25) is 5.91 Å². The second-order valence-corrected chi connectivity index (χ2v) is 18.3. The first-order chi connectivity index (χ1) is 31.4. The highest BCUT2D eigenvalue weighted by molar-refractivity contribution is 7.45. The summed E-state index contributed by atoms with van der Waals surface area (Å²) in [5, 5.41) is 24.5. The van der Waals surface area contributed by atoms with E-state index in [9.17, 15) is 24.5 Å². The van der Waals surface area contributed by atoms with E-state index in [4.69, 9.17) is 9.05 Å². The fraction of sp³-hybridized carbons (Fsp3) is 0.545. The van der Waals surface area contributed by atoms with Gasteiger partial charge >= 0.3 is 0 Å². The van der Waals surface area contributed by atoms with E-state index in [0.717, 1.165) is 89.9 Å². The Kier molecular flexibility index (Phi) is 41.7. The molecule has 1 amide bonds. The number of hydrogen-bond donors (Lipinski definition) is 3. The molecule has 3 N–H and O–H groups in total. The second kappa shape index (κ2) is 44.2. The number of carbonyl (C=O) groups excluding carboxylic acids is 1. The number of carbonyl (C=O) groups is 1. The first-order valence-corrected chi connectivity index (χ1v) is 25.7. The van der Waals surface area contributed by atoms with Crippen molar-refractivity contribution in [3.05, 3.63) is 146 Å². The quantitative estimate of drug-likeness (QED) is 0.0241. The Hall–Kier alpha value is -3.66. The van der Waals surface area contributed by atoms with Gasteiger partial charge in [-0.1, -0.05) is 153 Å². The number of phosphoric acid groups is 1. The zero-order valence-corrected chi connectivity index (χ0v) is 41.9. The Balaban J connectivity index is 4.54. The molecule has 0 aromatic heterocycles. The molecule has 65 heavy (non-hydrogen) atoms. The minimum absolute atomic E-state index is 0.0705. The molecule has 0 saturated heterocycles. The van der Waals surface area contributed by atoms with Crippen molar-refractivity contribution in [2.24, 2.45) is 0 Å². The summed E-state index contributed by atoms with van der Waals surface area (Å²) >= 11 is 0. The first-order valence-electron chi connectivity index (χ1n) is 24.2. The van der Waals surface area contributed by atoms with Crippen molar-refractivity contribution in [2.45, 2.75) is 154 Å². The van der Waals surface area contributed by atoms with E-state index in [2.05, 4.69) is 152 Å². The third-order valence-electron chi connectivity index (χ3n) is 9.70. The minimum Gasteiger partial charge on any atom is -0.756 e. The molecule has 0 aromatic carbocycles.